The Balaban J connectivity index is 1.93. The lowest BCUT2D eigenvalue weighted by Gasteiger charge is -2.25. The quantitative estimate of drug-likeness (QED) is 0.413. The largest absolute Gasteiger partial charge is 0.507 e. The molecule has 5 nitrogen and oxygen atoms in total. The molecule has 4 rings (SSSR count). The van der Waals surface area contributed by atoms with E-state index in [1.54, 1.807) is 79.9 Å². The highest BCUT2D eigenvalue weighted by Gasteiger charge is 2.46. The van der Waals surface area contributed by atoms with Crippen LogP contribution >= 0.6 is 0 Å². The Morgan fingerprint density at radius 1 is 0.862 bits per heavy atom. The van der Waals surface area contributed by atoms with Gasteiger partial charge in [0.05, 0.1) is 18.7 Å². The number of nitrogens with zero attached hydrogens (tertiary/aromatic N) is 1. The van der Waals surface area contributed by atoms with E-state index >= 15 is 0 Å². The van der Waals surface area contributed by atoms with Crippen molar-refractivity contribution in [3.63, 3.8) is 0 Å². The zero-order chi connectivity index (χ0) is 20.4. The lowest BCUT2D eigenvalue weighted by Crippen LogP contribution is -2.29. The number of anilines is 1. The minimum Gasteiger partial charge on any atom is -0.507 e. The number of carbonyl (C=O) groups excluding carboxylic acids is 2. The minimum atomic E-state index is -0.747. The minimum absolute atomic E-state index is 0.0650. The van der Waals surface area contributed by atoms with E-state index in [2.05, 4.69) is 0 Å². The van der Waals surface area contributed by atoms with Gasteiger partial charge in [0.1, 0.15) is 11.5 Å². The van der Waals surface area contributed by atoms with E-state index in [1.165, 1.54) is 4.90 Å². The van der Waals surface area contributed by atoms with E-state index < -0.39 is 17.7 Å². The summed E-state index contributed by atoms with van der Waals surface area (Å²) in [6.07, 6.45) is 0. The van der Waals surface area contributed by atoms with Crippen LogP contribution in [0.1, 0.15) is 17.2 Å². The van der Waals surface area contributed by atoms with Gasteiger partial charge in [0.15, 0.2) is 0 Å². The number of rotatable bonds is 4. The molecule has 1 fully saturated rings. The van der Waals surface area contributed by atoms with Crippen molar-refractivity contribution in [1.29, 1.82) is 0 Å². The number of aliphatic hydroxyl groups is 1. The molecular formula is C24H19NO4. The van der Waals surface area contributed by atoms with E-state index in [-0.39, 0.29) is 11.3 Å². The summed E-state index contributed by atoms with van der Waals surface area (Å²) >= 11 is 0. The van der Waals surface area contributed by atoms with Gasteiger partial charge in [-0.25, -0.2) is 0 Å². The SMILES string of the molecule is COc1ccc(C2/C(=C(\O)c3ccccc3)C(=O)C(=O)N2c2ccccc2)cc1. The van der Waals surface area contributed by atoms with Crippen LogP contribution in [-0.2, 0) is 9.59 Å². The predicted molar refractivity (Wildman–Crippen MR) is 111 cm³/mol. The highest BCUT2D eigenvalue weighted by molar-refractivity contribution is 6.51. The maximum absolute atomic E-state index is 13.0. The summed E-state index contributed by atoms with van der Waals surface area (Å²) in [6.45, 7) is 0. The first-order chi connectivity index (χ1) is 14.1. The third-order valence-corrected chi connectivity index (χ3v) is 4.96. The molecule has 0 aromatic heterocycles. The molecule has 1 atom stereocenters. The molecule has 0 radical (unpaired) electrons. The Hall–Kier alpha value is -3.86. The summed E-state index contributed by atoms with van der Waals surface area (Å²) in [6, 6.07) is 24.1. The van der Waals surface area contributed by atoms with Crippen LogP contribution in [-0.4, -0.2) is 23.9 Å². The summed E-state index contributed by atoms with van der Waals surface area (Å²) in [5.41, 5.74) is 1.83. The molecule has 1 aliphatic heterocycles. The van der Waals surface area contributed by atoms with Crippen LogP contribution in [0, 0.1) is 0 Å². The van der Waals surface area contributed by atoms with E-state index in [1.807, 2.05) is 12.1 Å². The normalized spacial score (nSPS) is 18.1. The second kappa shape index (κ2) is 7.64. The maximum Gasteiger partial charge on any atom is 0.300 e. The second-order valence-corrected chi connectivity index (χ2v) is 6.64. The number of methoxy groups -OCH3 is 1. The van der Waals surface area contributed by atoms with Crippen molar-refractivity contribution in [1.82, 2.24) is 0 Å². The van der Waals surface area contributed by atoms with E-state index in [0.717, 1.165) is 0 Å². The topological polar surface area (TPSA) is 66.8 Å². The lowest BCUT2D eigenvalue weighted by molar-refractivity contribution is -0.132. The first-order valence-electron chi connectivity index (χ1n) is 9.17. The fraction of sp³-hybridized carbons (Fsp3) is 0.0833. The van der Waals surface area contributed by atoms with E-state index in [9.17, 15) is 14.7 Å². The van der Waals surface area contributed by atoms with E-state index in [4.69, 9.17) is 4.74 Å². The Morgan fingerprint density at radius 2 is 1.45 bits per heavy atom. The van der Waals surface area contributed by atoms with Gasteiger partial charge in [-0.3, -0.25) is 14.5 Å². The number of ketones is 1. The molecule has 0 spiro atoms. The van der Waals surface area contributed by atoms with Gasteiger partial charge < -0.3 is 9.84 Å². The van der Waals surface area contributed by atoms with Crippen molar-refractivity contribution >= 4 is 23.1 Å². The Labute approximate surface area is 168 Å². The maximum atomic E-state index is 13.0. The number of benzene rings is 3. The number of para-hydroxylation sites is 1. The van der Waals surface area contributed by atoms with Crippen molar-refractivity contribution in [2.75, 3.05) is 12.0 Å². The zero-order valence-electron chi connectivity index (χ0n) is 15.8. The van der Waals surface area contributed by atoms with Gasteiger partial charge in [0.2, 0.25) is 0 Å². The molecule has 1 amide bonds. The monoisotopic (exact) mass is 385 g/mol. The van der Waals surface area contributed by atoms with Crippen LogP contribution in [0.2, 0.25) is 0 Å². The fourth-order valence-corrected chi connectivity index (χ4v) is 3.54. The van der Waals surface area contributed by atoms with Crippen LogP contribution in [0.4, 0.5) is 5.69 Å². The number of ether oxygens (including phenoxy) is 1. The smallest absolute Gasteiger partial charge is 0.300 e. The average molecular weight is 385 g/mol. The van der Waals surface area contributed by atoms with Gasteiger partial charge in [-0.1, -0.05) is 60.7 Å². The average Bonchev–Trinajstić information content (AvgIpc) is 3.05. The number of amides is 1. The van der Waals surface area contributed by atoms with Crippen LogP contribution in [0.25, 0.3) is 5.76 Å². The van der Waals surface area contributed by atoms with Gasteiger partial charge in [-0.2, -0.15) is 0 Å². The van der Waals surface area contributed by atoms with Crippen molar-refractivity contribution in [2.24, 2.45) is 0 Å². The molecule has 1 saturated heterocycles. The molecule has 3 aromatic carbocycles. The highest BCUT2D eigenvalue weighted by Crippen LogP contribution is 2.42. The summed E-state index contributed by atoms with van der Waals surface area (Å²) in [5, 5.41) is 11.0. The first-order valence-corrected chi connectivity index (χ1v) is 9.17. The fourth-order valence-electron chi connectivity index (χ4n) is 3.54. The Bertz CT molecular complexity index is 1070. The summed E-state index contributed by atoms with van der Waals surface area (Å²) in [4.78, 5) is 27.4. The Kier molecular flexibility index (Phi) is 4.87. The summed E-state index contributed by atoms with van der Waals surface area (Å²) < 4.78 is 5.22. The van der Waals surface area contributed by atoms with Gasteiger partial charge in [-0.15, -0.1) is 0 Å². The second-order valence-electron chi connectivity index (χ2n) is 6.64. The molecule has 0 saturated carbocycles. The van der Waals surface area contributed by atoms with Crippen molar-refractivity contribution in [3.8, 4) is 5.75 Å². The van der Waals surface area contributed by atoms with Crippen molar-refractivity contribution in [3.05, 3.63) is 102 Å². The molecule has 29 heavy (non-hydrogen) atoms. The molecule has 0 bridgehead atoms. The number of hydrogen-bond donors (Lipinski definition) is 1. The predicted octanol–water partition coefficient (Wildman–Crippen LogP) is 4.32. The van der Waals surface area contributed by atoms with Crippen LogP contribution < -0.4 is 9.64 Å². The third kappa shape index (κ3) is 3.27. The standard InChI is InChI=1S/C24H19NO4/c1-29-19-14-12-16(13-15-19)21-20(22(26)17-8-4-2-5-9-17)23(27)24(28)25(21)18-10-6-3-7-11-18/h2-15,21,26H,1H3/b22-20+. The van der Waals surface area contributed by atoms with Gasteiger partial charge in [0.25, 0.3) is 11.7 Å². The lowest BCUT2D eigenvalue weighted by atomic mass is 9.95. The van der Waals surface area contributed by atoms with E-state index in [0.29, 0.717) is 22.6 Å². The van der Waals surface area contributed by atoms with Gasteiger partial charge in [0, 0.05) is 11.3 Å². The van der Waals surface area contributed by atoms with Gasteiger partial charge >= 0.3 is 0 Å². The molecule has 144 valence electrons. The highest BCUT2D eigenvalue weighted by atomic mass is 16.5. The van der Waals surface area contributed by atoms with Crippen LogP contribution in [0.15, 0.2) is 90.5 Å². The summed E-state index contributed by atoms with van der Waals surface area (Å²) in [7, 11) is 1.57. The molecular weight excluding hydrogens is 366 g/mol. The molecule has 1 heterocycles. The number of hydrogen-bond acceptors (Lipinski definition) is 4. The number of aliphatic hydroxyl groups excluding tert-OH is 1. The molecule has 1 unspecified atom stereocenters. The van der Waals surface area contributed by atoms with Crippen LogP contribution in [0.5, 0.6) is 5.75 Å². The summed E-state index contributed by atoms with van der Waals surface area (Å²) in [5.74, 6) is -0.915. The molecule has 1 N–H and O–H groups in total. The molecule has 0 aliphatic carbocycles. The Morgan fingerprint density at radius 3 is 2.03 bits per heavy atom. The zero-order valence-corrected chi connectivity index (χ0v) is 15.8. The number of Topliss-reactive ketones (excluding diaryl/α,β-unsaturated/α-hetero) is 1. The molecule has 5 heteroatoms. The third-order valence-electron chi connectivity index (χ3n) is 4.96. The van der Waals surface area contributed by atoms with Crippen molar-refractivity contribution in [2.45, 2.75) is 6.04 Å². The molecule has 1 aliphatic rings. The molecule has 3 aromatic rings. The first kappa shape index (κ1) is 18.5. The van der Waals surface area contributed by atoms with Crippen molar-refractivity contribution < 1.29 is 19.4 Å². The number of carbonyl (C=O) groups is 2. The van der Waals surface area contributed by atoms with Crippen LogP contribution in [0.3, 0.4) is 0 Å². The van der Waals surface area contributed by atoms with Gasteiger partial charge in [-0.05, 0) is 29.8 Å².